The Kier molecular flexibility index (Phi) is 5.03. The molecule has 1 N–H and O–H groups in total. The van der Waals surface area contributed by atoms with Crippen molar-refractivity contribution in [2.45, 2.75) is 11.4 Å². The summed E-state index contributed by atoms with van der Waals surface area (Å²) in [7, 11) is -3.78. The molecule has 0 spiro atoms. The second-order valence-electron chi connectivity index (χ2n) is 5.99. The number of aromatic nitrogens is 3. The first kappa shape index (κ1) is 18.5. The quantitative estimate of drug-likeness (QED) is 0.525. The van der Waals surface area contributed by atoms with Gasteiger partial charge >= 0.3 is 0 Å². The van der Waals surface area contributed by atoms with Crippen molar-refractivity contribution in [3.8, 4) is 10.6 Å². The number of rotatable bonds is 6. The van der Waals surface area contributed by atoms with Crippen LogP contribution < -0.4 is 10.3 Å². The minimum Gasteiger partial charge on any atom is -0.268 e. The van der Waals surface area contributed by atoms with E-state index in [1.807, 2.05) is 17.5 Å². The summed E-state index contributed by atoms with van der Waals surface area (Å²) in [5, 5.41) is 7.00. The van der Waals surface area contributed by atoms with Gasteiger partial charge in [-0.1, -0.05) is 24.3 Å². The lowest BCUT2D eigenvalue weighted by molar-refractivity contribution is 0.549. The number of benzene rings is 1. The number of fused-ring (bicyclic) bond motifs is 1. The number of nitrogens with one attached hydrogen (secondary N) is 1. The van der Waals surface area contributed by atoms with Gasteiger partial charge in [0, 0.05) is 24.2 Å². The molecule has 0 unspecified atom stereocenters. The molecule has 0 aliphatic carbocycles. The van der Waals surface area contributed by atoms with Crippen LogP contribution in [-0.2, 0) is 16.6 Å². The van der Waals surface area contributed by atoms with Crippen molar-refractivity contribution >= 4 is 32.3 Å². The third-order valence-electron chi connectivity index (χ3n) is 4.14. The van der Waals surface area contributed by atoms with E-state index in [0.717, 1.165) is 10.3 Å². The first-order valence-electron chi connectivity index (χ1n) is 8.50. The normalized spacial score (nSPS) is 11.7. The van der Waals surface area contributed by atoms with Gasteiger partial charge in [0.15, 0.2) is 0 Å². The molecule has 0 saturated heterocycles. The van der Waals surface area contributed by atoms with Crippen LogP contribution in [0.3, 0.4) is 0 Å². The van der Waals surface area contributed by atoms with Gasteiger partial charge in [0.1, 0.15) is 10.6 Å². The highest BCUT2D eigenvalue weighted by Gasteiger charge is 2.17. The second kappa shape index (κ2) is 7.63. The predicted molar refractivity (Wildman–Crippen MR) is 109 cm³/mol. The minimum atomic E-state index is -3.78. The van der Waals surface area contributed by atoms with Gasteiger partial charge in [-0.2, -0.15) is 5.10 Å². The van der Waals surface area contributed by atoms with Gasteiger partial charge in [-0.25, -0.2) is 17.8 Å². The zero-order chi connectivity index (χ0) is 19.6. The van der Waals surface area contributed by atoms with Gasteiger partial charge in [-0.05, 0) is 29.6 Å². The Balaban J connectivity index is 1.53. The third-order valence-corrected chi connectivity index (χ3v) is 6.53. The molecule has 0 saturated carbocycles. The maximum Gasteiger partial charge on any atom is 0.266 e. The number of sulfonamides is 1. The Labute approximate surface area is 165 Å². The van der Waals surface area contributed by atoms with Gasteiger partial charge in [0.25, 0.3) is 5.56 Å². The SMILES string of the molecule is O=c1ccc(-c2cccs2)nn1CCNS(=O)(=O)c1cccc2cccnc12. The molecular formula is C19H16N4O3S2. The van der Waals surface area contributed by atoms with E-state index >= 15 is 0 Å². The summed E-state index contributed by atoms with van der Waals surface area (Å²) in [4.78, 5) is 17.3. The molecule has 1 aromatic carbocycles. The van der Waals surface area contributed by atoms with Crippen molar-refractivity contribution in [1.82, 2.24) is 19.5 Å². The number of para-hydroxylation sites is 1. The van der Waals surface area contributed by atoms with Gasteiger partial charge in [0.05, 0.1) is 16.9 Å². The highest BCUT2D eigenvalue weighted by Crippen LogP contribution is 2.21. The summed E-state index contributed by atoms with van der Waals surface area (Å²) in [6.45, 7) is 0.155. The van der Waals surface area contributed by atoms with Crippen LogP contribution in [0.1, 0.15) is 0 Å². The summed E-state index contributed by atoms with van der Waals surface area (Å²) in [5.74, 6) is 0. The number of pyridine rings is 1. The van der Waals surface area contributed by atoms with E-state index in [2.05, 4.69) is 14.8 Å². The van der Waals surface area contributed by atoms with Crippen LogP contribution in [0.5, 0.6) is 0 Å². The fraction of sp³-hybridized carbons (Fsp3) is 0.105. The Bertz CT molecular complexity index is 1280. The van der Waals surface area contributed by atoms with Gasteiger partial charge in [-0.3, -0.25) is 9.78 Å². The van der Waals surface area contributed by atoms with Crippen molar-refractivity contribution in [2.75, 3.05) is 6.54 Å². The Morgan fingerprint density at radius 1 is 1.04 bits per heavy atom. The van der Waals surface area contributed by atoms with E-state index in [1.165, 1.54) is 28.2 Å². The zero-order valence-electron chi connectivity index (χ0n) is 14.6. The molecule has 4 rings (SSSR count). The van der Waals surface area contributed by atoms with Gasteiger partial charge in [-0.15, -0.1) is 11.3 Å². The number of hydrogen-bond donors (Lipinski definition) is 1. The van der Waals surface area contributed by atoms with E-state index in [-0.39, 0.29) is 23.5 Å². The first-order chi connectivity index (χ1) is 13.5. The molecule has 0 amide bonds. The molecule has 0 bridgehead atoms. The van der Waals surface area contributed by atoms with Crippen LogP contribution >= 0.6 is 11.3 Å². The highest BCUT2D eigenvalue weighted by atomic mass is 32.2. The molecule has 0 atom stereocenters. The average Bonchev–Trinajstić information content (AvgIpc) is 3.24. The lowest BCUT2D eigenvalue weighted by atomic mass is 10.2. The fourth-order valence-electron chi connectivity index (χ4n) is 2.82. The first-order valence-corrected chi connectivity index (χ1v) is 10.9. The highest BCUT2D eigenvalue weighted by molar-refractivity contribution is 7.89. The lowest BCUT2D eigenvalue weighted by Gasteiger charge is -2.10. The maximum atomic E-state index is 12.7. The summed E-state index contributed by atoms with van der Waals surface area (Å²) in [6, 6.07) is 15.5. The summed E-state index contributed by atoms with van der Waals surface area (Å²) < 4.78 is 29.2. The van der Waals surface area contributed by atoms with E-state index in [4.69, 9.17) is 0 Å². The smallest absolute Gasteiger partial charge is 0.266 e. The second-order valence-corrected chi connectivity index (χ2v) is 8.67. The molecule has 0 aliphatic heterocycles. The van der Waals surface area contributed by atoms with E-state index in [1.54, 1.807) is 36.5 Å². The van der Waals surface area contributed by atoms with Gasteiger partial charge in [0.2, 0.25) is 10.0 Å². The van der Waals surface area contributed by atoms with E-state index < -0.39 is 10.0 Å². The number of nitrogens with zero attached hydrogens (tertiary/aromatic N) is 3. The van der Waals surface area contributed by atoms with Crippen molar-refractivity contribution < 1.29 is 8.42 Å². The molecule has 28 heavy (non-hydrogen) atoms. The number of hydrogen-bond acceptors (Lipinski definition) is 6. The van der Waals surface area contributed by atoms with Crippen molar-refractivity contribution in [2.24, 2.45) is 0 Å². The summed E-state index contributed by atoms with van der Waals surface area (Å²) in [6.07, 6.45) is 1.56. The fourth-order valence-corrected chi connectivity index (χ4v) is 4.71. The molecule has 0 fully saturated rings. The molecule has 0 radical (unpaired) electrons. The Morgan fingerprint density at radius 2 is 1.89 bits per heavy atom. The number of thiophene rings is 1. The Hall–Kier alpha value is -2.88. The van der Waals surface area contributed by atoms with Crippen LogP contribution in [0, 0.1) is 0 Å². The van der Waals surface area contributed by atoms with E-state index in [0.29, 0.717) is 11.2 Å². The third kappa shape index (κ3) is 3.72. The lowest BCUT2D eigenvalue weighted by Crippen LogP contribution is -2.32. The molecule has 9 heteroatoms. The molecule has 3 aromatic heterocycles. The summed E-state index contributed by atoms with van der Waals surface area (Å²) in [5.41, 5.74) is 0.800. The van der Waals surface area contributed by atoms with Crippen molar-refractivity contribution in [3.63, 3.8) is 0 Å². The topological polar surface area (TPSA) is 94.0 Å². The monoisotopic (exact) mass is 412 g/mol. The predicted octanol–water partition coefficient (Wildman–Crippen LogP) is 2.50. The van der Waals surface area contributed by atoms with Crippen LogP contribution in [0.15, 0.2) is 75.9 Å². The van der Waals surface area contributed by atoms with Crippen LogP contribution in [-0.4, -0.2) is 29.7 Å². The maximum absolute atomic E-state index is 12.7. The van der Waals surface area contributed by atoms with Crippen LogP contribution in [0.25, 0.3) is 21.5 Å². The van der Waals surface area contributed by atoms with Crippen molar-refractivity contribution in [3.05, 3.63) is 76.5 Å². The molecule has 7 nitrogen and oxygen atoms in total. The molecule has 3 heterocycles. The molecule has 0 aliphatic rings. The Morgan fingerprint density at radius 3 is 2.71 bits per heavy atom. The average molecular weight is 412 g/mol. The zero-order valence-corrected chi connectivity index (χ0v) is 16.3. The minimum absolute atomic E-state index is 0.0341. The van der Waals surface area contributed by atoms with Crippen LogP contribution in [0.4, 0.5) is 0 Å². The van der Waals surface area contributed by atoms with Gasteiger partial charge < -0.3 is 0 Å². The standard InChI is InChI=1S/C19H16N4O3S2/c24-18-9-8-15(16-6-3-13-27-16)22-23(18)12-11-21-28(25,26)17-7-1-4-14-5-2-10-20-19(14)17/h1-10,13,21H,11-12H2. The largest absolute Gasteiger partial charge is 0.268 e. The molecule has 4 aromatic rings. The van der Waals surface area contributed by atoms with Crippen molar-refractivity contribution in [1.29, 1.82) is 0 Å². The van der Waals surface area contributed by atoms with E-state index in [9.17, 15) is 13.2 Å². The molecule has 142 valence electrons. The summed E-state index contributed by atoms with van der Waals surface area (Å²) >= 11 is 1.52. The molecular weight excluding hydrogens is 396 g/mol. The van der Waals surface area contributed by atoms with Crippen LogP contribution in [0.2, 0.25) is 0 Å².